The number of aliphatic carboxylic acids is 1. The number of carboxylic acids is 1. The molecule has 1 unspecified atom stereocenters. The standard InChI is InChI=1S/C15H26N10O4/c1-19-14-23-10-8(11(26)24-14)9(16)22-15(29)25(10)6-5-20-7(12(27)28)3-2-4-21-13(17)18/h7,11,20,26H,2-6H2,1H3,(H,27,28)(H2,16,22,29)(H4,17,18,21)(H2,19,23,24)/t7-,11?/m0/s1. The summed E-state index contributed by atoms with van der Waals surface area (Å²) in [5.74, 6) is -0.697. The van der Waals surface area contributed by atoms with Crippen molar-refractivity contribution in [2.75, 3.05) is 31.2 Å². The van der Waals surface area contributed by atoms with Crippen LogP contribution in [0.4, 0.5) is 11.6 Å². The Morgan fingerprint density at radius 3 is 2.79 bits per heavy atom. The minimum Gasteiger partial charge on any atom is -0.480 e. The van der Waals surface area contributed by atoms with E-state index in [0.717, 1.165) is 0 Å². The molecule has 2 rings (SSSR count). The number of hydrogen-bond acceptors (Lipinski definition) is 8. The van der Waals surface area contributed by atoms with Gasteiger partial charge in [-0.15, -0.1) is 0 Å². The van der Waals surface area contributed by atoms with Crippen LogP contribution in [0.3, 0.4) is 0 Å². The number of carbonyl (C=O) groups is 1. The molecule has 0 saturated carbocycles. The molecule has 0 saturated heterocycles. The number of carboxylic acid groups (broad SMARTS) is 1. The molecule has 1 aromatic rings. The Bertz CT molecular complexity index is 861. The number of aromatic nitrogens is 2. The number of nitrogens with zero attached hydrogens (tertiary/aromatic N) is 4. The number of hydrogen-bond donors (Lipinski definition) is 8. The maximum Gasteiger partial charge on any atom is 0.351 e. The predicted molar refractivity (Wildman–Crippen MR) is 107 cm³/mol. The Balaban J connectivity index is 2.10. The van der Waals surface area contributed by atoms with Crippen molar-refractivity contribution in [3.63, 3.8) is 0 Å². The molecular formula is C15H26N10O4. The van der Waals surface area contributed by atoms with Gasteiger partial charge in [0.2, 0.25) is 0 Å². The molecule has 2 heterocycles. The number of aliphatic imine (C=N–C) groups is 2. The van der Waals surface area contributed by atoms with Gasteiger partial charge in [-0.3, -0.25) is 19.3 Å². The Morgan fingerprint density at radius 2 is 2.17 bits per heavy atom. The summed E-state index contributed by atoms with van der Waals surface area (Å²) >= 11 is 0. The number of nitrogens with one attached hydrogen (secondary N) is 3. The number of guanidine groups is 2. The van der Waals surface area contributed by atoms with Crippen molar-refractivity contribution in [2.45, 2.75) is 31.7 Å². The molecular weight excluding hydrogens is 384 g/mol. The van der Waals surface area contributed by atoms with Gasteiger partial charge >= 0.3 is 11.7 Å². The molecule has 2 atom stereocenters. The molecule has 14 nitrogen and oxygen atoms in total. The second-order valence-electron chi connectivity index (χ2n) is 6.23. The summed E-state index contributed by atoms with van der Waals surface area (Å²) in [4.78, 5) is 35.2. The van der Waals surface area contributed by atoms with E-state index in [9.17, 15) is 19.8 Å². The van der Waals surface area contributed by atoms with Gasteiger partial charge in [-0.2, -0.15) is 4.98 Å². The van der Waals surface area contributed by atoms with E-state index in [4.69, 9.17) is 17.2 Å². The second-order valence-corrected chi connectivity index (χ2v) is 6.23. The highest BCUT2D eigenvalue weighted by Gasteiger charge is 2.28. The largest absolute Gasteiger partial charge is 0.480 e. The van der Waals surface area contributed by atoms with Crippen molar-refractivity contribution < 1.29 is 15.0 Å². The summed E-state index contributed by atoms with van der Waals surface area (Å²) in [7, 11) is 1.50. The average molecular weight is 410 g/mol. The lowest BCUT2D eigenvalue weighted by molar-refractivity contribution is -0.139. The van der Waals surface area contributed by atoms with E-state index in [1.54, 1.807) is 0 Å². The first-order valence-corrected chi connectivity index (χ1v) is 8.84. The highest BCUT2D eigenvalue weighted by atomic mass is 16.4. The number of aliphatic hydroxyl groups excluding tert-OH is 1. The van der Waals surface area contributed by atoms with E-state index >= 15 is 0 Å². The molecule has 1 aromatic heterocycles. The van der Waals surface area contributed by atoms with Gasteiger partial charge in [0.05, 0.1) is 5.56 Å². The predicted octanol–water partition coefficient (Wildman–Crippen LogP) is -3.09. The van der Waals surface area contributed by atoms with Crippen LogP contribution in [0.15, 0.2) is 14.8 Å². The summed E-state index contributed by atoms with van der Waals surface area (Å²) in [5.41, 5.74) is 15.8. The molecule has 1 aliphatic rings. The zero-order valence-corrected chi connectivity index (χ0v) is 15.9. The molecule has 0 amide bonds. The highest BCUT2D eigenvalue weighted by molar-refractivity contribution is 5.96. The van der Waals surface area contributed by atoms with Crippen LogP contribution >= 0.6 is 0 Å². The van der Waals surface area contributed by atoms with Crippen LogP contribution in [0.5, 0.6) is 0 Å². The molecule has 0 aliphatic carbocycles. The van der Waals surface area contributed by atoms with Crippen LogP contribution in [0, 0.1) is 0 Å². The Morgan fingerprint density at radius 1 is 1.45 bits per heavy atom. The topological polar surface area (TPSA) is 231 Å². The lowest BCUT2D eigenvalue weighted by Crippen LogP contribution is -2.45. The first kappa shape index (κ1) is 21.9. The first-order chi connectivity index (χ1) is 13.7. The Kier molecular flexibility index (Phi) is 7.33. The van der Waals surface area contributed by atoms with Gasteiger partial charge in [0.25, 0.3) is 0 Å². The van der Waals surface area contributed by atoms with Crippen molar-refractivity contribution in [3.8, 4) is 0 Å². The summed E-state index contributed by atoms with van der Waals surface area (Å²) in [6, 6.07) is -0.842. The molecule has 0 aromatic carbocycles. The zero-order chi connectivity index (χ0) is 21.6. The molecule has 160 valence electrons. The highest BCUT2D eigenvalue weighted by Crippen LogP contribution is 2.27. The fraction of sp³-hybridized carbons (Fsp3) is 0.533. The maximum absolute atomic E-state index is 12.3. The van der Waals surface area contributed by atoms with Crippen LogP contribution < -0.4 is 38.8 Å². The number of fused-ring (bicyclic) bond motifs is 1. The SMILES string of the molecule is CN=C1Nc2c(c(N)nc(=O)n2CCN[C@@H](CCCN=C(N)N)C(=O)O)C(O)N1. The van der Waals surface area contributed by atoms with Crippen LogP contribution in [0.2, 0.25) is 0 Å². The van der Waals surface area contributed by atoms with Gasteiger partial charge in [0, 0.05) is 26.7 Å². The van der Waals surface area contributed by atoms with Crippen LogP contribution in [-0.4, -0.2) is 63.8 Å². The molecule has 11 N–H and O–H groups in total. The van der Waals surface area contributed by atoms with Crippen molar-refractivity contribution >= 4 is 29.5 Å². The normalized spacial score (nSPS) is 17.7. The van der Waals surface area contributed by atoms with Crippen LogP contribution in [0.1, 0.15) is 24.6 Å². The Labute approximate surface area is 165 Å². The maximum atomic E-state index is 12.3. The third-order valence-corrected chi connectivity index (χ3v) is 4.22. The number of nitrogens with two attached hydrogens (primary N) is 3. The van der Waals surface area contributed by atoms with E-state index in [-0.39, 0.29) is 42.2 Å². The molecule has 0 fully saturated rings. The lowest BCUT2D eigenvalue weighted by atomic mass is 10.1. The zero-order valence-electron chi connectivity index (χ0n) is 15.9. The lowest BCUT2D eigenvalue weighted by Gasteiger charge is -2.28. The second kappa shape index (κ2) is 9.70. The van der Waals surface area contributed by atoms with Crippen molar-refractivity contribution in [1.29, 1.82) is 0 Å². The van der Waals surface area contributed by atoms with Gasteiger partial charge in [-0.1, -0.05) is 0 Å². The van der Waals surface area contributed by atoms with Crippen molar-refractivity contribution in [1.82, 2.24) is 20.2 Å². The van der Waals surface area contributed by atoms with E-state index in [1.807, 2.05) is 0 Å². The minimum atomic E-state index is -1.19. The molecule has 0 radical (unpaired) electrons. The number of anilines is 2. The van der Waals surface area contributed by atoms with Crippen molar-refractivity contribution in [3.05, 3.63) is 16.0 Å². The van der Waals surface area contributed by atoms with Gasteiger partial charge in [0.15, 0.2) is 18.1 Å². The molecule has 29 heavy (non-hydrogen) atoms. The van der Waals surface area contributed by atoms with Gasteiger partial charge in [0.1, 0.15) is 17.7 Å². The number of nitrogen functional groups attached to an aromatic ring is 1. The van der Waals surface area contributed by atoms with Crippen molar-refractivity contribution in [2.24, 2.45) is 21.5 Å². The summed E-state index contributed by atoms with van der Waals surface area (Å²) < 4.78 is 1.26. The van der Waals surface area contributed by atoms with E-state index < -0.39 is 23.9 Å². The van der Waals surface area contributed by atoms with E-state index in [2.05, 4.69) is 30.9 Å². The van der Waals surface area contributed by atoms with Gasteiger partial charge in [-0.05, 0) is 12.8 Å². The number of rotatable bonds is 9. The van der Waals surface area contributed by atoms with Crippen LogP contribution in [-0.2, 0) is 11.3 Å². The summed E-state index contributed by atoms with van der Waals surface area (Å²) in [6.07, 6.45) is -0.428. The quantitative estimate of drug-likeness (QED) is 0.115. The molecule has 14 heteroatoms. The minimum absolute atomic E-state index is 0.0519. The smallest absolute Gasteiger partial charge is 0.351 e. The number of aliphatic hydroxyl groups is 1. The van der Waals surface area contributed by atoms with E-state index in [0.29, 0.717) is 19.4 Å². The van der Waals surface area contributed by atoms with Gasteiger partial charge < -0.3 is 43.4 Å². The molecule has 0 spiro atoms. The fourth-order valence-electron chi connectivity index (χ4n) is 2.84. The molecule has 1 aliphatic heterocycles. The Hall–Kier alpha value is -3.39. The molecule has 0 bridgehead atoms. The average Bonchev–Trinajstić information content (AvgIpc) is 2.64. The third-order valence-electron chi connectivity index (χ3n) is 4.22. The van der Waals surface area contributed by atoms with Gasteiger partial charge in [-0.25, -0.2) is 4.79 Å². The first-order valence-electron chi connectivity index (χ1n) is 8.84. The monoisotopic (exact) mass is 410 g/mol. The fourth-order valence-corrected chi connectivity index (χ4v) is 2.84. The summed E-state index contributed by atoms with van der Waals surface area (Å²) in [5, 5.41) is 28.0. The van der Waals surface area contributed by atoms with Crippen LogP contribution in [0.25, 0.3) is 0 Å². The third kappa shape index (κ3) is 5.55. The van der Waals surface area contributed by atoms with E-state index in [1.165, 1.54) is 11.6 Å². The summed E-state index contributed by atoms with van der Waals surface area (Å²) in [6.45, 7) is 0.556.